The SMILES string of the molecule is CCn1nnc([C@H]2[CH][CH][C@H](n3cnc4c(N[C@H]5CC[C@H](N)CC5)nc(Cl)nc43)O2)n1. The van der Waals surface area contributed by atoms with E-state index in [9.17, 15) is 0 Å². The van der Waals surface area contributed by atoms with Crippen LogP contribution in [0.2, 0.25) is 5.28 Å². The smallest absolute Gasteiger partial charge is 0.226 e. The van der Waals surface area contributed by atoms with E-state index >= 15 is 0 Å². The van der Waals surface area contributed by atoms with Crippen molar-refractivity contribution in [1.29, 1.82) is 0 Å². The Labute approximate surface area is 178 Å². The number of nitrogens with two attached hydrogens (primary N) is 1. The lowest BCUT2D eigenvalue weighted by Gasteiger charge is -2.27. The second-order valence-corrected chi connectivity index (χ2v) is 7.93. The molecule has 3 aromatic rings. The highest BCUT2D eigenvalue weighted by molar-refractivity contribution is 6.28. The lowest BCUT2D eigenvalue weighted by atomic mass is 9.92. The number of ether oxygens (including phenoxy) is 1. The molecule has 2 radical (unpaired) electrons. The normalized spacial score (nSPS) is 27.0. The fourth-order valence-corrected chi connectivity index (χ4v) is 4.04. The molecular weight excluding hydrogens is 408 g/mol. The number of rotatable bonds is 5. The Morgan fingerprint density at radius 2 is 2.07 bits per heavy atom. The second-order valence-electron chi connectivity index (χ2n) is 7.59. The van der Waals surface area contributed by atoms with Crippen LogP contribution in [0.25, 0.3) is 11.2 Å². The van der Waals surface area contributed by atoms with Crippen LogP contribution in [0.4, 0.5) is 5.82 Å². The van der Waals surface area contributed by atoms with Gasteiger partial charge in [0.15, 0.2) is 17.0 Å². The van der Waals surface area contributed by atoms with Crippen molar-refractivity contribution in [1.82, 2.24) is 39.7 Å². The molecule has 2 fully saturated rings. The number of aromatic nitrogens is 8. The molecule has 11 nitrogen and oxygen atoms in total. The number of nitrogens with zero attached hydrogens (tertiary/aromatic N) is 8. The third-order valence-corrected chi connectivity index (χ3v) is 5.69. The summed E-state index contributed by atoms with van der Waals surface area (Å²) in [4.78, 5) is 14.8. The molecule has 3 N–H and O–H groups in total. The average Bonchev–Trinajstić information content (AvgIpc) is 3.48. The highest BCUT2D eigenvalue weighted by atomic mass is 35.5. The highest BCUT2D eigenvalue weighted by Gasteiger charge is 2.33. The lowest BCUT2D eigenvalue weighted by Crippen LogP contribution is -2.33. The minimum Gasteiger partial charge on any atom is -0.365 e. The van der Waals surface area contributed by atoms with Gasteiger partial charge in [0, 0.05) is 24.9 Å². The zero-order valence-corrected chi connectivity index (χ0v) is 17.3. The van der Waals surface area contributed by atoms with E-state index in [0.717, 1.165) is 25.7 Å². The molecule has 1 aliphatic heterocycles. The van der Waals surface area contributed by atoms with Crippen molar-refractivity contribution >= 4 is 28.6 Å². The van der Waals surface area contributed by atoms with Gasteiger partial charge in [0.25, 0.3) is 0 Å². The number of halogens is 1. The van der Waals surface area contributed by atoms with E-state index < -0.39 is 6.23 Å². The minimum absolute atomic E-state index is 0.158. The third-order valence-electron chi connectivity index (χ3n) is 5.52. The molecule has 158 valence electrons. The number of hydrogen-bond acceptors (Lipinski definition) is 9. The molecule has 1 saturated heterocycles. The Morgan fingerprint density at radius 3 is 2.83 bits per heavy atom. The summed E-state index contributed by atoms with van der Waals surface area (Å²) in [6, 6.07) is 0.576. The van der Waals surface area contributed by atoms with E-state index in [-0.39, 0.29) is 17.4 Å². The van der Waals surface area contributed by atoms with Gasteiger partial charge in [0.1, 0.15) is 12.3 Å². The summed E-state index contributed by atoms with van der Waals surface area (Å²) in [5.74, 6) is 1.15. The molecule has 0 bridgehead atoms. The van der Waals surface area contributed by atoms with Crippen molar-refractivity contribution in [3.05, 3.63) is 30.3 Å². The van der Waals surface area contributed by atoms with Crippen LogP contribution in [-0.4, -0.2) is 51.8 Å². The Morgan fingerprint density at radius 1 is 1.23 bits per heavy atom. The minimum atomic E-state index is -0.403. The van der Waals surface area contributed by atoms with Crippen LogP contribution in [0.1, 0.15) is 50.8 Å². The Kier molecular flexibility index (Phi) is 5.25. The Balaban J connectivity index is 1.37. The summed E-state index contributed by atoms with van der Waals surface area (Å²) in [5.41, 5.74) is 7.28. The van der Waals surface area contributed by atoms with Crippen molar-refractivity contribution in [3.8, 4) is 0 Å². The molecule has 4 heterocycles. The first kappa shape index (κ1) is 19.6. The largest absolute Gasteiger partial charge is 0.365 e. The fraction of sp³-hybridized carbons (Fsp3) is 0.556. The van der Waals surface area contributed by atoms with E-state index in [0.29, 0.717) is 35.4 Å². The van der Waals surface area contributed by atoms with E-state index in [2.05, 4.69) is 35.7 Å². The summed E-state index contributed by atoms with van der Waals surface area (Å²) in [6.07, 6.45) is 8.70. The molecule has 0 aromatic carbocycles. The van der Waals surface area contributed by atoms with Crippen LogP contribution in [0, 0.1) is 12.8 Å². The fourth-order valence-electron chi connectivity index (χ4n) is 3.88. The van der Waals surface area contributed by atoms with Gasteiger partial charge in [-0.15, -0.1) is 10.2 Å². The van der Waals surface area contributed by atoms with E-state index in [4.69, 9.17) is 22.1 Å². The number of aryl methyl sites for hydroxylation is 1. The molecule has 1 aliphatic carbocycles. The molecular formula is C18H23ClN10O. The summed E-state index contributed by atoms with van der Waals surface area (Å²) >= 11 is 6.23. The van der Waals surface area contributed by atoms with Gasteiger partial charge in [-0.05, 0) is 49.4 Å². The maximum atomic E-state index is 6.23. The van der Waals surface area contributed by atoms with Crippen molar-refractivity contribution in [2.45, 2.75) is 63.6 Å². The topological polar surface area (TPSA) is 134 Å². The number of tetrazole rings is 1. The summed E-state index contributed by atoms with van der Waals surface area (Å²) < 4.78 is 7.92. The number of nitrogens with one attached hydrogen (secondary N) is 1. The number of hydrogen-bond donors (Lipinski definition) is 2. The van der Waals surface area contributed by atoms with E-state index in [1.165, 1.54) is 4.80 Å². The number of fused-ring (bicyclic) bond motifs is 1. The van der Waals surface area contributed by atoms with Crippen LogP contribution >= 0.6 is 11.6 Å². The van der Waals surface area contributed by atoms with Crippen molar-refractivity contribution < 1.29 is 4.74 Å². The lowest BCUT2D eigenvalue weighted by molar-refractivity contribution is 0.0156. The van der Waals surface area contributed by atoms with Crippen LogP contribution < -0.4 is 11.1 Å². The standard InChI is InChI=1S/C18H23ClN10O/c1-2-29-26-15(25-27-29)12-7-8-13(30-12)28-9-21-14-16(23-18(19)24-17(14)28)22-11-5-3-10(20)4-6-11/h7-13H,2-6,20H2,1H3,(H,22,23,24)/t10-,11-,12-,13-/m1/s1. The number of anilines is 1. The zero-order valence-electron chi connectivity index (χ0n) is 16.5. The molecule has 0 amide bonds. The first-order chi connectivity index (χ1) is 14.6. The van der Waals surface area contributed by atoms with Crippen LogP contribution in [0.15, 0.2) is 6.33 Å². The second kappa shape index (κ2) is 8.05. The van der Waals surface area contributed by atoms with Crippen LogP contribution in [0.5, 0.6) is 0 Å². The summed E-state index contributed by atoms with van der Waals surface area (Å²) in [5, 5.41) is 16.0. The first-order valence-corrected chi connectivity index (χ1v) is 10.5. The third kappa shape index (κ3) is 3.72. The molecule has 3 aromatic heterocycles. The van der Waals surface area contributed by atoms with Gasteiger partial charge in [-0.25, -0.2) is 4.98 Å². The molecule has 2 atom stereocenters. The van der Waals surface area contributed by atoms with Gasteiger partial charge in [-0.3, -0.25) is 4.57 Å². The predicted octanol–water partition coefficient (Wildman–Crippen LogP) is 1.85. The molecule has 0 spiro atoms. The molecule has 2 aliphatic rings. The zero-order chi connectivity index (χ0) is 20.7. The van der Waals surface area contributed by atoms with Gasteiger partial charge < -0.3 is 15.8 Å². The van der Waals surface area contributed by atoms with E-state index in [1.807, 2.05) is 24.3 Å². The quantitative estimate of drug-likeness (QED) is 0.581. The predicted molar refractivity (Wildman–Crippen MR) is 109 cm³/mol. The molecule has 12 heteroatoms. The van der Waals surface area contributed by atoms with Gasteiger partial charge >= 0.3 is 0 Å². The summed E-state index contributed by atoms with van der Waals surface area (Å²) in [7, 11) is 0. The molecule has 0 unspecified atom stereocenters. The highest BCUT2D eigenvalue weighted by Crippen LogP contribution is 2.37. The maximum Gasteiger partial charge on any atom is 0.226 e. The molecule has 5 rings (SSSR count). The Hall–Kier alpha value is -2.37. The van der Waals surface area contributed by atoms with Gasteiger partial charge in [-0.2, -0.15) is 14.8 Å². The van der Waals surface area contributed by atoms with Crippen LogP contribution in [-0.2, 0) is 11.3 Å². The maximum absolute atomic E-state index is 6.23. The average molecular weight is 431 g/mol. The van der Waals surface area contributed by atoms with Crippen LogP contribution in [0.3, 0.4) is 0 Å². The monoisotopic (exact) mass is 430 g/mol. The summed E-state index contributed by atoms with van der Waals surface area (Å²) in [6.45, 7) is 2.60. The van der Waals surface area contributed by atoms with E-state index in [1.54, 1.807) is 6.33 Å². The van der Waals surface area contributed by atoms with Gasteiger partial charge in [0.05, 0.1) is 12.9 Å². The Bertz CT molecular complexity index is 1030. The van der Waals surface area contributed by atoms with Crippen molar-refractivity contribution in [3.63, 3.8) is 0 Å². The van der Waals surface area contributed by atoms with Crippen molar-refractivity contribution in [2.75, 3.05) is 5.32 Å². The van der Waals surface area contributed by atoms with Crippen molar-refractivity contribution in [2.24, 2.45) is 5.73 Å². The first-order valence-electron chi connectivity index (χ1n) is 10.1. The number of imidazole rings is 1. The molecule has 1 saturated carbocycles. The molecule has 30 heavy (non-hydrogen) atoms. The van der Waals surface area contributed by atoms with Gasteiger partial charge in [-0.1, -0.05) is 0 Å². The van der Waals surface area contributed by atoms with Gasteiger partial charge in [0.2, 0.25) is 11.1 Å².